The maximum atomic E-state index is 12.9. The summed E-state index contributed by atoms with van der Waals surface area (Å²) in [5.74, 6) is -0.876. The van der Waals surface area contributed by atoms with Crippen LogP contribution in [-0.4, -0.2) is 37.9 Å². The predicted molar refractivity (Wildman–Crippen MR) is 78.7 cm³/mol. The molecule has 1 aromatic rings. The first-order valence-electron chi connectivity index (χ1n) is 7.79. The maximum absolute atomic E-state index is 12.9. The Bertz CT molecular complexity index is 684. The molecule has 0 radical (unpaired) electrons. The molecule has 1 amide bonds. The van der Waals surface area contributed by atoms with Crippen LogP contribution in [0.5, 0.6) is 0 Å². The van der Waals surface area contributed by atoms with E-state index in [2.05, 4.69) is 10.1 Å². The largest absolute Gasteiger partial charge is 0.453 e. The van der Waals surface area contributed by atoms with Crippen LogP contribution in [0.4, 0.5) is 18.0 Å². The van der Waals surface area contributed by atoms with Crippen LogP contribution in [-0.2, 0) is 17.5 Å². The molecule has 1 aliphatic carbocycles. The van der Waals surface area contributed by atoms with Crippen molar-refractivity contribution in [2.45, 2.75) is 51.9 Å². The average molecular weight is 344 g/mol. The number of halogens is 3. The quantitative estimate of drug-likeness (QED) is 0.784. The minimum Gasteiger partial charge on any atom is -0.443 e. The number of alkyl halides is 3. The van der Waals surface area contributed by atoms with E-state index in [1.54, 1.807) is 26.8 Å². The average Bonchev–Trinajstić information content (AvgIpc) is 3.11. The molecule has 9 heteroatoms. The number of allylic oxidation sites excluding steroid dienone is 1. The van der Waals surface area contributed by atoms with Gasteiger partial charge in [0.2, 0.25) is 0 Å². The Morgan fingerprint density at radius 2 is 1.92 bits per heavy atom. The predicted octanol–water partition coefficient (Wildman–Crippen LogP) is 3.30. The first-order chi connectivity index (χ1) is 11.0. The van der Waals surface area contributed by atoms with Crippen molar-refractivity contribution in [3.05, 3.63) is 17.7 Å². The first-order valence-corrected chi connectivity index (χ1v) is 7.79. The normalized spacial score (nSPS) is 20.2. The number of hydrogen-bond acceptors (Lipinski definition) is 4. The van der Waals surface area contributed by atoms with Crippen molar-refractivity contribution in [2.75, 3.05) is 6.54 Å². The minimum atomic E-state index is -4.62. The van der Waals surface area contributed by atoms with E-state index in [0.717, 1.165) is 12.8 Å². The topological polar surface area (TPSA) is 60.2 Å². The molecule has 1 aromatic heterocycles. The van der Waals surface area contributed by atoms with E-state index in [1.165, 1.54) is 9.58 Å². The van der Waals surface area contributed by atoms with Gasteiger partial charge in [-0.1, -0.05) is 6.08 Å². The molecule has 132 valence electrons. The highest BCUT2D eigenvalue weighted by molar-refractivity contribution is 5.81. The smallest absolute Gasteiger partial charge is 0.443 e. The summed E-state index contributed by atoms with van der Waals surface area (Å²) >= 11 is 0. The molecule has 3 rings (SSSR count). The van der Waals surface area contributed by atoms with E-state index in [1.807, 2.05) is 0 Å². The van der Waals surface area contributed by atoms with Gasteiger partial charge in [0, 0.05) is 6.54 Å². The highest BCUT2D eigenvalue weighted by atomic mass is 19.4. The van der Waals surface area contributed by atoms with E-state index in [0.29, 0.717) is 5.70 Å². The van der Waals surface area contributed by atoms with Crippen LogP contribution in [0.2, 0.25) is 0 Å². The van der Waals surface area contributed by atoms with Crippen molar-refractivity contribution >= 4 is 11.8 Å². The molecule has 0 saturated heterocycles. The molecule has 0 spiro atoms. The Balaban J connectivity index is 1.96. The summed E-state index contributed by atoms with van der Waals surface area (Å²) in [6.45, 7) is 5.55. The fraction of sp³-hybridized carbons (Fsp3) is 0.667. The first kappa shape index (κ1) is 16.8. The molecule has 1 saturated carbocycles. The molecule has 0 N–H and O–H groups in total. The highest BCUT2D eigenvalue weighted by Gasteiger charge is 2.40. The van der Waals surface area contributed by atoms with Gasteiger partial charge in [0.25, 0.3) is 5.82 Å². The highest BCUT2D eigenvalue weighted by Crippen LogP contribution is 2.37. The van der Waals surface area contributed by atoms with Gasteiger partial charge in [-0.25, -0.2) is 14.5 Å². The van der Waals surface area contributed by atoms with Crippen LogP contribution in [0.15, 0.2) is 6.08 Å². The van der Waals surface area contributed by atoms with Crippen LogP contribution in [0.25, 0.3) is 5.70 Å². The molecular formula is C15H19F3N4O2. The van der Waals surface area contributed by atoms with E-state index >= 15 is 0 Å². The number of ether oxygens (including phenoxy) is 1. The Labute approximate surface area is 137 Å². The van der Waals surface area contributed by atoms with Crippen LogP contribution >= 0.6 is 0 Å². The monoisotopic (exact) mass is 344 g/mol. The summed E-state index contributed by atoms with van der Waals surface area (Å²) in [4.78, 5) is 17.4. The summed E-state index contributed by atoms with van der Waals surface area (Å²) in [5.41, 5.74) is -0.342. The summed E-state index contributed by atoms with van der Waals surface area (Å²) in [6, 6.07) is 0. The lowest BCUT2D eigenvalue weighted by Gasteiger charge is -2.31. The third-order valence-electron chi connectivity index (χ3n) is 3.61. The summed E-state index contributed by atoms with van der Waals surface area (Å²) < 4.78 is 45.2. The summed E-state index contributed by atoms with van der Waals surface area (Å²) in [5, 5.41) is 3.53. The molecule has 1 fully saturated rings. The third-order valence-corrected chi connectivity index (χ3v) is 3.61. The van der Waals surface area contributed by atoms with E-state index in [9.17, 15) is 18.0 Å². The molecule has 0 bridgehead atoms. The Hall–Kier alpha value is -2.06. The maximum Gasteiger partial charge on any atom is 0.453 e. The Morgan fingerprint density at radius 1 is 1.25 bits per heavy atom. The number of carbonyl (C=O) groups is 1. The number of hydrogen-bond donors (Lipinski definition) is 0. The van der Waals surface area contributed by atoms with Gasteiger partial charge in [-0.2, -0.15) is 13.2 Å². The minimum absolute atomic E-state index is 0.0614. The number of carbonyl (C=O) groups excluding carboxylic acids is 1. The molecule has 0 aromatic carbocycles. The second-order valence-corrected chi connectivity index (χ2v) is 7.00. The van der Waals surface area contributed by atoms with Gasteiger partial charge in [-0.3, -0.25) is 4.90 Å². The second kappa shape index (κ2) is 5.49. The fourth-order valence-corrected chi connectivity index (χ4v) is 2.40. The molecule has 6 nitrogen and oxygen atoms in total. The zero-order chi connectivity index (χ0) is 17.7. The summed E-state index contributed by atoms with van der Waals surface area (Å²) in [7, 11) is 0. The zero-order valence-electron chi connectivity index (χ0n) is 13.7. The van der Waals surface area contributed by atoms with Crippen molar-refractivity contribution in [3.63, 3.8) is 0 Å². The molecule has 0 unspecified atom stereocenters. The van der Waals surface area contributed by atoms with Crippen LogP contribution in [0.3, 0.4) is 0 Å². The van der Waals surface area contributed by atoms with Gasteiger partial charge < -0.3 is 4.74 Å². The Morgan fingerprint density at radius 3 is 2.46 bits per heavy atom. The van der Waals surface area contributed by atoms with E-state index in [-0.39, 0.29) is 24.8 Å². The van der Waals surface area contributed by atoms with Gasteiger partial charge in [0.1, 0.15) is 5.60 Å². The van der Waals surface area contributed by atoms with E-state index < -0.39 is 23.7 Å². The molecular weight excluding hydrogens is 325 g/mol. The number of fused-ring (bicyclic) bond motifs is 1. The van der Waals surface area contributed by atoms with Crippen molar-refractivity contribution in [1.29, 1.82) is 0 Å². The number of amides is 1. The zero-order valence-corrected chi connectivity index (χ0v) is 13.7. The lowest BCUT2D eigenvalue weighted by atomic mass is 10.2. The van der Waals surface area contributed by atoms with Crippen LogP contribution in [0.1, 0.15) is 45.3 Å². The van der Waals surface area contributed by atoms with Crippen LogP contribution in [0, 0.1) is 5.92 Å². The van der Waals surface area contributed by atoms with Crippen LogP contribution < -0.4 is 0 Å². The van der Waals surface area contributed by atoms with Crippen molar-refractivity contribution in [2.24, 2.45) is 5.92 Å². The van der Waals surface area contributed by atoms with Crippen molar-refractivity contribution in [1.82, 2.24) is 19.7 Å². The standard InChI is InChI=1S/C15H19F3N4O2/c1-14(2,3)24-13(23)21-6-7-22-11(10(21)8-9-4-5-9)19-12(20-22)15(16,17)18/h8-9H,4-7H2,1-3H3/b10-8+. The Kier molecular flexibility index (Phi) is 3.84. The van der Waals surface area contributed by atoms with Crippen molar-refractivity contribution in [3.8, 4) is 0 Å². The third kappa shape index (κ3) is 3.54. The number of rotatable bonds is 1. The SMILES string of the molecule is CC(C)(C)OC(=O)N1CCn2nc(C(F)(F)F)nc2/C1=C\C1CC1. The lowest BCUT2D eigenvalue weighted by molar-refractivity contribution is -0.145. The van der Waals surface area contributed by atoms with Gasteiger partial charge in [-0.15, -0.1) is 5.10 Å². The molecule has 0 atom stereocenters. The van der Waals surface area contributed by atoms with Gasteiger partial charge in [-0.05, 0) is 39.5 Å². The fourth-order valence-electron chi connectivity index (χ4n) is 2.40. The molecule has 2 heterocycles. The second-order valence-electron chi connectivity index (χ2n) is 7.00. The van der Waals surface area contributed by atoms with Crippen molar-refractivity contribution < 1.29 is 22.7 Å². The van der Waals surface area contributed by atoms with E-state index in [4.69, 9.17) is 4.74 Å². The molecule has 2 aliphatic rings. The molecule has 1 aliphatic heterocycles. The van der Waals surface area contributed by atoms with Gasteiger partial charge in [0.15, 0.2) is 5.82 Å². The summed E-state index contributed by atoms with van der Waals surface area (Å²) in [6.07, 6.45) is -1.51. The number of aromatic nitrogens is 3. The lowest BCUT2D eigenvalue weighted by Crippen LogP contribution is -2.41. The van der Waals surface area contributed by atoms with Gasteiger partial charge in [0.05, 0.1) is 12.2 Å². The molecule has 24 heavy (non-hydrogen) atoms. The van der Waals surface area contributed by atoms with Gasteiger partial charge >= 0.3 is 12.3 Å². The number of nitrogens with zero attached hydrogens (tertiary/aromatic N) is 4.